The van der Waals surface area contributed by atoms with Gasteiger partial charge >= 0.3 is 6.18 Å². The van der Waals surface area contributed by atoms with Gasteiger partial charge in [0.1, 0.15) is 5.54 Å². The van der Waals surface area contributed by atoms with Crippen LogP contribution in [0.4, 0.5) is 13.2 Å². The zero-order valence-electron chi connectivity index (χ0n) is 11.8. The predicted molar refractivity (Wildman–Crippen MR) is 69.1 cm³/mol. The first-order chi connectivity index (χ1) is 9.29. The Morgan fingerprint density at radius 3 is 2.75 bits per heavy atom. The van der Waals surface area contributed by atoms with Crippen molar-refractivity contribution in [1.82, 2.24) is 5.32 Å². The standard InChI is InChI=1S/C13H23F3N2O2/c1-2-7-18-12(11(17)19)5-3-4-10(9-12)20-8-6-13(14,15)16/h10,18H,2-9H2,1H3,(H2,17,19). The molecule has 0 radical (unpaired) electrons. The van der Waals surface area contributed by atoms with Gasteiger partial charge < -0.3 is 15.8 Å². The maximum absolute atomic E-state index is 12.1. The lowest BCUT2D eigenvalue weighted by atomic mass is 9.79. The van der Waals surface area contributed by atoms with Gasteiger partial charge in [0.15, 0.2) is 0 Å². The summed E-state index contributed by atoms with van der Waals surface area (Å²) < 4.78 is 41.5. The van der Waals surface area contributed by atoms with Crippen LogP contribution in [-0.2, 0) is 9.53 Å². The molecule has 20 heavy (non-hydrogen) atoms. The molecule has 2 unspecified atom stereocenters. The van der Waals surface area contributed by atoms with Crippen LogP contribution in [0, 0.1) is 0 Å². The summed E-state index contributed by atoms with van der Waals surface area (Å²) in [5, 5.41) is 3.14. The second-order valence-electron chi connectivity index (χ2n) is 5.33. The van der Waals surface area contributed by atoms with Gasteiger partial charge in [-0.3, -0.25) is 4.79 Å². The van der Waals surface area contributed by atoms with Gasteiger partial charge in [0.25, 0.3) is 0 Å². The van der Waals surface area contributed by atoms with Crippen molar-refractivity contribution in [3.8, 4) is 0 Å². The highest BCUT2D eigenvalue weighted by atomic mass is 19.4. The smallest absolute Gasteiger partial charge is 0.378 e. The fraction of sp³-hybridized carbons (Fsp3) is 0.923. The number of carbonyl (C=O) groups is 1. The van der Waals surface area contributed by atoms with E-state index >= 15 is 0 Å². The quantitative estimate of drug-likeness (QED) is 0.756. The summed E-state index contributed by atoms with van der Waals surface area (Å²) in [6, 6.07) is 0. The van der Waals surface area contributed by atoms with Crippen molar-refractivity contribution in [2.45, 2.75) is 63.3 Å². The minimum absolute atomic E-state index is 0.344. The molecule has 7 heteroatoms. The third-order valence-corrected chi connectivity index (χ3v) is 3.63. The molecule has 0 bridgehead atoms. The first-order valence-corrected chi connectivity index (χ1v) is 7.02. The third kappa shape index (κ3) is 5.28. The molecule has 0 aromatic carbocycles. The average Bonchev–Trinajstić information content (AvgIpc) is 2.35. The zero-order chi connectivity index (χ0) is 15.2. The number of hydrogen-bond donors (Lipinski definition) is 2. The average molecular weight is 296 g/mol. The number of amides is 1. The first-order valence-electron chi connectivity index (χ1n) is 7.02. The Morgan fingerprint density at radius 1 is 1.50 bits per heavy atom. The minimum Gasteiger partial charge on any atom is -0.378 e. The molecule has 1 fully saturated rings. The number of hydrogen-bond acceptors (Lipinski definition) is 3. The van der Waals surface area contributed by atoms with Crippen LogP contribution in [0.1, 0.15) is 45.4 Å². The maximum Gasteiger partial charge on any atom is 0.391 e. The Balaban J connectivity index is 2.52. The summed E-state index contributed by atoms with van der Waals surface area (Å²) in [6.45, 7) is 2.26. The molecule has 0 aliphatic heterocycles. The van der Waals surface area contributed by atoms with Crippen LogP contribution in [0.3, 0.4) is 0 Å². The topological polar surface area (TPSA) is 64.3 Å². The molecule has 118 valence electrons. The number of nitrogens with two attached hydrogens (primary N) is 1. The second-order valence-corrected chi connectivity index (χ2v) is 5.33. The van der Waals surface area contributed by atoms with Gasteiger partial charge in [0.05, 0.1) is 19.1 Å². The summed E-state index contributed by atoms with van der Waals surface area (Å²) >= 11 is 0. The summed E-state index contributed by atoms with van der Waals surface area (Å²) in [4.78, 5) is 11.7. The van der Waals surface area contributed by atoms with E-state index in [1.54, 1.807) is 0 Å². The molecule has 1 saturated carbocycles. The summed E-state index contributed by atoms with van der Waals surface area (Å²) in [5.74, 6) is -0.449. The fourth-order valence-corrected chi connectivity index (χ4v) is 2.54. The predicted octanol–water partition coefficient (Wildman–Crippen LogP) is 2.12. The molecule has 0 aromatic rings. The highest BCUT2D eigenvalue weighted by Crippen LogP contribution is 2.31. The van der Waals surface area contributed by atoms with Crippen LogP contribution in [0.2, 0.25) is 0 Å². The highest BCUT2D eigenvalue weighted by Gasteiger charge is 2.41. The van der Waals surface area contributed by atoms with Crippen molar-refractivity contribution in [1.29, 1.82) is 0 Å². The lowest BCUT2D eigenvalue weighted by Gasteiger charge is -2.39. The number of carbonyl (C=O) groups excluding carboxylic acids is 1. The molecular weight excluding hydrogens is 273 g/mol. The Morgan fingerprint density at radius 2 is 2.20 bits per heavy atom. The van der Waals surface area contributed by atoms with Crippen LogP contribution in [-0.4, -0.2) is 36.9 Å². The third-order valence-electron chi connectivity index (χ3n) is 3.63. The number of primary amides is 1. The molecule has 1 rings (SSSR count). The molecule has 1 amide bonds. The lowest BCUT2D eigenvalue weighted by Crippen LogP contribution is -2.59. The molecule has 0 saturated heterocycles. The van der Waals surface area contributed by atoms with Crippen molar-refractivity contribution in [2.24, 2.45) is 5.73 Å². The van der Waals surface area contributed by atoms with E-state index in [-0.39, 0.29) is 12.7 Å². The molecule has 3 N–H and O–H groups in total. The van der Waals surface area contributed by atoms with Crippen LogP contribution in [0.25, 0.3) is 0 Å². The van der Waals surface area contributed by atoms with Crippen molar-refractivity contribution in [3.05, 3.63) is 0 Å². The van der Waals surface area contributed by atoms with Gasteiger partial charge in [-0.25, -0.2) is 0 Å². The Bertz CT molecular complexity index is 323. The summed E-state index contributed by atoms with van der Waals surface area (Å²) in [6.07, 6.45) is -2.32. The van der Waals surface area contributed by atoms with Crippen molar-refractivity contribution >= 4 is 5.91 Å². The largest absolute Gasteiger partial charge is 0.391 e. The summed E-state index contributed by atoms with van der Waals surface area (Å²) in [5.41, 5.74) is 4.63. The first kappa shape index (κ1) is 17.2. The van der Waals surface area contributed by atoms with Crippen molar-refractivity contribution in [2.75, 3.05) is 13.2 Å². The second kappa shape index (κ2) is 7.26. The fourth-order valence-electron chi connectivity index (χ4n) is 2.54. The van der Waals surface area contributed by atoms with E-state index in [0.29, 0.717) is 25.8 Å². The van der Waals surface area contributed by atoms with Crippen molar-refractivity contribution < 1.29 is 22.7 Å². The van der Waals surface area contributed by atoms with Gasteiger partial charge in [0, 0.05) is 6.42 Å². The van der Waals surface area contributed by atoms with Gasteiger partial charge in [-0.15, -0.1) is 0 Å². The van der Waals surface area contributed by atoms with E-state index in [1.165, 1.54) is 0 Å². The van der Waals surface area contributed by atoms with Gasteiger partial charge in [-0.1, -0.05) is 6.92 Å². The summed E-state index contributed by atoms with van der Waals surface area (Å²) in [7, 11) is 0. The molecule has 2 atom stereocenters. The monoisotopic (exact) mass is 296 g/mol. The Hall–Kier alpha value is -0.820. The van der Waals surface area contributed by atoms with Crippen LogP contribution in [0.15, 0.2) is 0 Å². The van der Waals surface area contributed by atoms with E-state index in [4.69, 9.17) is 10.5 Å². The van der Waals surface area contributed by atoms with E-state index in [0.717, 1.165) is 12.8 Å². The molecule has 0 spiro atoms. The van der Waals surface area contributed by atoms with E-state index in [2.05, 4.69) is 5.32 Å². The molecular formula is C13H23F3N2O2. The molecule has 0 heterocycles. The SMILES string of the molecule is CCCNC1(C(N)=O)CCCC(OCCC(F)(F)F)C1. The van der Waals surface area contributed by atoms with Gasteiger partial charge in [-0.2, -0.15) is 13.2 Å². The van der Waals surface area contributed by atoms with E-state index in [9.17, 15) is 18.0 Å². The Labute approximate surface area is 117 Å². The van der Waals surface area contributed by atoms with Crippen LogP contribution < -0.4 is 11.1 Å². The van der Waals surface area contributed by atoms with Gasteiger partial charge in [-0.05, 0) is 32.2 Å². The van der Waals surface area contributed by atoms with E-state index < -0.39 is 24.0 Å². The number of ether oxygens (including phenoxy) is 1. The highest BCUT2D eigenvalue weighted by molar-refractivity contribution is 5.84. The van der Waals surface area contributed by atoms with Crippen molar-refractivity contribution in [3.63, 3.8) is 0 Å². The maximum atomic E-state index is 12.1. The van der Waals surface area contributed by atoms with Crippen LogP contribution in [0.5, 0.6) is 0 Å². The molecule has 1 aliphatic carbocycles. The number of nitrogens with one attached hydrogen (secondary N) is 1. The Kier molecular flexibility index (Phi) is 6.26. The minimum atomic E-state index is -4.21. The van der Waals surface area contributed by atoms with Crippen LogP contribution >= 0.6 is 0 Å². The van der Waals surface area contributed by atoms with E-state index in [1.807, 2.05) is 6.92 Å². The van der Waals surface area contributed by atoms with Gasteiger partial charge in [0.2, 0.25) is 5.91 Å². The zero-order valence-corrected chi connectivity index (χ0v) is 11.8. The molecule has 1 aliphatic rings. The normalized spacial score (nSPS) is 27.5. The lowest BCUT2D eigenvalue weighted by molar-refractivity contribution is -0.152. The number of alkyl halides is 3. The number of halogens is 3. The number of rotatable bonds is 7. The molecule has 0 aromatic heterocycles. The molecule has 4 nitrogen and oxygen atoms in total.